The monoisotopic (exact) mass is 240 g/mol. The molecule has 4 nitrogen and oxygen atoms in total. The van der Waals surface area contributed by atoms with Crippen molar-refractivity contribution in [1.29, 1.82) is 0 Å². The van der Waals surface area contributed by atoms with E-state index in [1.807, 2.05) is 30.3 Å². The van der Waals surface area contributed by atoms with Crippen molar-refractivity contribution in [2.45, 2.75) is 18.5 Å². The molecule has 0 radical (unpaired) electrons. The van der Waals surface area contributed by atoms with Gasteiger partial charge in [-0.3, -0.25) is 0 Å². The van der Waals surface area contributed by atoms with E-state index in [4.69, 9.17) is 9.47 Å². The summed E-state index contributed by atoms with van der Waals surface area (Å²) >= 11 is 0. The number of hydrogen-bond acceptors (Lipinski definition) is 4. The average Bonchev–Trinajstić information content (AvgIpc) is 2.72. The van der Waals surface area contributed by atoms with Gasteiger partial charge in [-0.15, -0.1) is 0 Å². The SMILES string of the molecule is O=S1(=O)C[C@H]2OC(c3ccccc3)O[C@@H]2C1. The number of fused-ring (bicyclic) bond motifs is 1. The molecule has 5 heteroatoms. The van der Waals surface area contributed by atoms with E-state index in [0.717, 1.165) is 5.56 Å². The Morgan fingerprint density at radius 3 is 2.12 bits per heavy atom. The molecule has 2 aliphatic rings. The van der Waals surface area contributed by atoms with Crippen LogP contribution in [0.3, 0.4) is 0 Å². The van der Waals surface area contributed by atoms with Crippen molar-refractivity contribution in [3.05, 3.63) is 35.9 Å². The van der Waals surface area contributed by atoms with Crippen molar-refractivity contribution in [2.24, 2.45) is 0 Å². The second-order valence-corrected chi connectivity index (χ2v) is 6.32. The summed E-state index contributed by atoms with van der Waals surface area (Å²) in [6, 6.07) is 9.57. The molecule has 0 aliphatic carbocycles. The molecule has 2 fully saturated rings. The van der Waals surface area contributed by atoms with Crippen molar-refractivity contribution in [2.75, 3.05) is 11.5 Å². The number of rotatable bonds is 1. The summed E-state index contributed by atoms with van der Waals surface area (Å²) in [7, 11) is -2.96. The molecule has 16 heavy (non-hydrogen) atoms. The van der Waals surface area contributed by atoms with E-state index in [1.54, 1.807) is 0 Å². The van der Waals surface area contributed by atoms with Crippen LogP contribution < -0.4 is 0 Å². The fourth-order valence-electron chi connectivity index (χ4n) is 2.15. The second kappa shape index (κ2) is 3.55. The summed E-state index contributed by atoms with van der Waals surface area (Å²) in [5, 5.41) is 0. The van der Waals surface area contributed by atoms with Crippen LogP contribution in [0.4, 0.5) is 0 Å². The molecule has 1 aromatic rings. The first-order valence-electron chi connectivity index (χ1n) is 5.20. The van der Waals surface area contributed by atoms with Gasteiger partial charge in [0.2, 0.25) is 0 Å². The van der Waals surface area contributed by atoms with Crippen LogP contribution in [0.2, 0.25) is 0 Å². The molecule has 0 saturated carbocycles. The van der Waals surface area contributed by atoms with E-state index in [9.17, 15) is 8.42 Å². The third kappa shape index (κ3) is 1.75. The molecule has 1 aromatic carbocycles. The zero-order valence-electron chi connectivity index (χ0n) is 8.57. The Morgan fingerprint density at radius 1 is 1.00 bits per heavy atom. The number of hydrogen-bond donors (Lipinski definition) is 0. The van der Waals surface area contributed by atoms with Crippen LogP contribution >= 0.6 is 0 Å². The maximum absolute atomic E-state index is 11.3. The molecule has 86 valence electrons. The lowest BCUT2D eigenvalue weighted by atomic mass is 10.2. The molecule has 2 heterocycles. The van der Waals surface area contributed by atoms with Gasteiger partial charge in [0.1, 0.15) is 12.2 Å². The minimum atomic E-state index is -2.96. The number of ether oxygens (including phenoxy) is 2. The Bertz CT molecular complexity index is 462. The summed E-state index contributed by atoms with van der Waals surface area (Å²) in [6.45, 7) is 0. The zero-order valence-corrected chi connectivity index (χ0v) is 9.39. The zero-order chi connectivity index (χ0) is 11.2. The number of benzene rings is 1. The molecule has 0 bridgehead atoms. The van der Waals surface area contributed by atoms with Crippen molar-refractivity contribution in [3.8, 4) is 0 Å². The van der Waals surface area contributed by atoms with Crippen LogP contribution in [-0.4, -0.2) is 32.1 Å². The van der Waals surface area contributed by atoms with E-state index >= 15 is 0 Å². The van der Waals surface area contributed by atoms with Gasteiger partial charge in [0.25, 0.3) is 0 Å². The summed E-state index contributed by atoms with van der Waals surface area (Å²) in [5.74, 6) is 0.169. The Hall–Kier alpha value is -0.910. The summed E-state index contributed by atoms with van der Waals surface area (Å²) < 4.78 is 33.9. The first-order valence-corrected chi connectivity index (χ1v) is 7.02. The van der Waals surface area contributed by atoms with Crippen LogP contribution in [0.25, 0.3) is 0 Å². The smallest absolute Gasteiger partial charge is 0.184 e. The predicted molar refractivity (Wildman–Crippen MR) is 57.6 cm³/mol. The molecule has 0 aromatic heterocycles. The molecule has 0 spiro atoms. The fourth-order valence-corrected chi connectivity index (χ4v) is 3.88. The van der Waals surface area contributed by atoms with Gasteiger partial charge in [-0.2, -0.15) is 0 Å². The highest BCUT2D eigenvalue weighted by Crippen LogP contribution is 2.35. The molecule has 3 rings (SSSR count). The standard InChI is InChI=1S/C11H12O4S/c12-16(13)6-9-10(7-16)15-11(14-9)8-4-2-1-3-5-8/h1-5,9-11H,6-7H2/t9-,10-/m1/s1. The van der Waals surface area contributed by atoms with Gasteiger partial charge in [-0.1, -0.05) is 30.3 Å². The Kier molecular flexibility index (Phi) is 2.27. The van der Waals surface area contributed by atoms with Crippen molar-refractivity contribution < 1.29 is 17.9 Å². The highest BCUT2D eigenvalue weighted by molar-refractivity contribution is 7.91. The first kappa shape index (κ1) is 10.3. The minimum absolute atomic E-state index is 0.0843. The Labute approximate surface area is 94.1 Å². The predicted octanol–water partition coefficient (Wildman–Crippen LogP) is 0.898. The van der Waals surface area contributed by atoms with Gasteiger partial charge < -0.3 is 9.47 Å². The van der Waals surface area contributed by atoms with E-state index in [-0.39, 0.29) is 23.7 Å². The van der Waals surface area contributed by atoms with Crippen LogP contribution in [0.1, 0.15) is 11.9 Å². The summed E-state index contributed by atoms with van der Waals surface area (Å²) in [5.41, 5.74) is 0.939. The third-order valence-electron chi connectivity index (χ3n) is 2.92. The number of sulfone groups is 1. The quantitative estimate of drug-likeness (QED) is 0.731. The Balaban J connectivity index is 1.78. The van der Waals surface area contributed by atoms with Crippen molar-refractivity contribution >= 4 is 9.84 Å². The Morgan fingerprint density at radius 2 is 1.56 bits per heavy atom. The van der Waals surface area contributed by atoms with E-state index < -0.39 is 16.1 Å². The maximum atomic E-state index is 11.3. The topological polar surface area (TPSA) is 52.6 Å². The third-order valence-corrected chi connectivity index (χ3v) is 4.59. The second-order valence-electron chi connectivity index (χ2n) is 4.17. The molecule has 2 saturated heterocycles. The van der Waals surface area contributed by atoms with Gasteiger partial charge in [-0.05, 0) is 0 Å². The highest BCUT2D eigenvalue weighted by atomic mass is 32.2. The summed E-state index contributed by atoms with van der Waals surface area (Å²) in [6.07, 6.45) is -1.00. The van der Waals surface area contributed by atoms with Crippen molar-refractivity contribution in [1.82, 2.24) is 0 Å². The first-order chi connectivity index (χ1) is 7.64. The van der Waals surface area contributed by atoms with Gasteiger partial charge in [0, 0.05) is 5.56 Å². The van der Waals surface area contributed by atoms with Crippen molar-refractivity contribution in [3.63, 3.8) is 0 Å². The molecule has 0 amide bonds. The van der Waals surface area contributed by atoms with Gasteiger partial charge >= 0.3 is 0 Å². The maximum Gasteiger partial charge on any atom is 0.184 e. The lowest BCUT2D eigenvalue weighted by Gasteiger charge is -2.11. The van der Waals surface area contributed by atoms with Gasteiger partial charge in [0.15, 0.2) is 16.1 Å². The van der Waals surface area contributed by atoms with E-state index in [1.165, 1.54) is 0 Å². The largest absolute Gasteiger partial charge is 0.341 e. The normalized spacial score (nSPS) is 32.8. The van der Waals surface area contributed by atoms with Crippen LogP contribution in [-0.2, 0) is 19.3 Å². The molecule has 0 N–H and O–H groups in total. The van der Waals surface area contributed by atoms with E-state index in [0.29, 0.717) is 0 Å². The van der Waals surface area contributed by atoms with Crippen LogP contribution in [0.5, 0.6) is 0 Å². The minimum Gasteiger partial charge on any atom is -0.341 e. The molecule has 2 atom stereocenters. The average molecular weight is 240 g/mol. The molecule has 2 aliphatic heterocycles. The van der Waals surface area contributed by atoms with Gasteiger partial charge in [-0.25, -0.2) is 8.42 Å². The van der Waals surface area contributed by atoms with E-state index in [2.05, 4.69) is 0 Å². The van der Waals surface area contributed by atoms with Crippen LogP contribution in [0, 0.1) is 0 Å². The molecular weight excluding hydrogens is 228 g/mol. The van der Waals surface area contributed by atoms with Crippen LogP contribution in [0.15, 0.2) is 30.3 Å². The lowest BCUT2D eigenvalue weighted by molar-refractivity contribution is -0.0658. The highest BCUT2D eigenvalue weighted by Gasteiger charge is 2.46. The fraction of sp³-hybridized carbons (Fsp3) is 0.455. The molecule has 0 unspecified atom stereocenters. The summed E-state index contributed by atoms with van der Waals surface area (Å²) in [4.78, 5) is 0. The van der Waals surface area contributed by atoms with Gasteiger partial charge in [0.05, 0.1) is 11.5 Å². The molecular formula is C11H12O4S. The lowest BCUT2D eigenvalue weighted by Crippen LogP contribution is -2.18.